The van der Waals surface area contributed by atoms with Crippen molar-refractivity contribution in [2.45, 2.75) is 32.2 Å². The van der Waals surface area contributed by atoms with Crippen LogP contribution in [0.1, 0.15) is 37.8 Å². The molecule has 0 aliphatic carbocycles. The highest BCUT2D eigenvalue weighted by molar-refractivity contribution is 5.79. The summed E-state index contributed by atoms with van der Waals surface area (Å²) in [5, 5.41) is 6.49. The highest BCUT2D eigenvalue weighted by atomic mass is 16.6. The summed E-state index contributed by atoms with van der Waals surface area (Å²) in [5.41, 5.74) is 1.08. The van der Waals surface area contributed by atoms with E-state index in [-0.39, 0.29) is 17.9 Å². The molecule has 1 fully saturated rings. The molecule has 0 saturated carbocycles. The smallest absolute Gasteiger partial charge is 0.223 e. The second-order valence-corrected chi connectivity index (χ2v) is 5.90. The Hall–Kier alpha value is -1.75. The summed E-state index contributed by atoms with van der Waals surface area (Å²) in [6, 6.07) is 5.97. The molecule has 1 atom stereocenters. The fourth-order valence-electron chi connectivity index (χ4n) is 3.07. The first kappa shape index (κ1) is 15.2. The highest BCUT2D eigenvalue weighted by Crippen LogP contribution is 2.33. The van der Waals surface area contributed by atoms with Gasteiger partial charge in [0.2, 0.25) is 5.91 Å². The van der Waals surface area contributed by atoms with Gasteiger partial charge in [-0.15, -0.1) is 0 Å². The summed E-state index contributed by atoms with van der Waals surface area (Å²) in [6.45, 7) is 5.12. The molecule has 2 aliphatic heterocycles. The summed E-state index contributed by atoms with van der Waals surface area (Å²) in [7, 11) is 0. The summed E-state index contributed by atoms with van der Waals surface area (Å²) >= 11 is 0. The molecule has 2 N–H and O–H groups in total. The van der Waals surface area contributed by atoms with Gasteiger partial charge in [-0.25, -0.2) is 0 Å². The van der Waals surface area contributed by atoms with Crippen LogP contribution in [0.3, 0.4) is 0 Å². The minimum absolute atomic E-state index is 0.0261. The zero-order valence-corrected chi connectivity index (χ0v) is 13.1. The fourth-order valence-corrected chi connectivity index (χ4v) is 3.07. The minimum atomic E-state index is 0.0261. The Labute approximate surface area is 131 Å². The largest absolute Gasteiger partial charge is 0.486 e. The number of nitrogens with one attached hydrogen (secondary N) is 2. The summed E-state index contributed by atoms with van der Waals surface area (Å²) < 4.78 is 11.2. The lowest BCUT2D eigenvalue weighted by molar-refractivity contribution is -0.126. The van der Waals surface area contributed by atoms with E-state index in [0.717, 1.165) is 49.4 Å². The fraction of sp³-hybridized carbons (Fsp3) is 0.588. The average Bonchev–Trinajstić information content (AvgIpc) is 2.59. The van der Waals surface area contributed by atoms with Crippen LogP contribution in [-0.2, 0) is 4.79 Å². The third-order valence-electron chi connectivity index (χ3n) is 4.40. The van der Waals surface area contributed by atoms with Crippen molar-refractivity contribution in [3.05, 3.63) is 23.8 Å². The normalized spacial score (nSPS) is 19.5. The minimum Gasteiger partial charge on any atom is -0.486 e. The molecule has 3 rings (SSSR count). The summed E-state index contributed by atoms with van der Waals surface area (Å²) in [6.07, 6.45) is 2.70. The molecular weight excluding hydrogens is 280 g/mol. The number of hydrogen-bond acceptors (Lipinski definition) is 4. The topological polar surface area (TPSA) is 59.6 Å². The lowest BCUT2D eigenvalue weighted by Gasteiger charge is -2.26. The van der Waals surface area contributed by atoms with E-state index in [1.807, 2.05) is 18.2 Å². The van der Waals surface area contributed by atoms with Crippen LogP contribution in [-0.4, -0.2) is 32.2 Å². The number of carbonyl (C=O) groups is 1. The van der Waals surface area contributed by atoms with Crippen LogP contribution in [0.2, 0.25) is 0 Å². The summed E-state index contributed by atoms with van der Waals surface area (Å²) in [4.78, 5) is 12.4. The lowest BCUT2D eigenvalue weighted by Crippen LogP contribution is -2.39. The van der Waals surface area contributed by atoms with Crippen LogP contribution in [0, 0.1) is 5.92 Å². The molecular formula is C17H24N2O3. The Morgan fingerprint density at radius 3 is 2.73 bits per heavy atom. The number of benzene rings is 1. The van der Waals surface area contributed by atoms with E-state index < -0.39 is 0 Å². The third kappa shape index (κ3) is 3.35. The van der Waals surface area contributed by atoms with Crippen LogP contribution >= 0.6 is 0 Å². The molecule has 1 aromatic rings. The van der Waals surface area contributed by atoms with Crippen molar-refractivity contribution in [3.8, 4) is 11.5 Å². The molecule has 2 heterocycles. The van der Waals surface area contributed by atoms with Crippen molar-refractivity contribution in [1.29, 1.82) is 0 Å². The molecule has 1 aromatic carbocycles. The molecule has 120 valence electrons. The van der Waals surface area contributed by atoms with Gasteiger partial charge in [-0.3, -0.25) is 4.79 Å². The Kier molecular flexibility index (Phi) is 4.83. The number of amides is 1. The molecule has 0 spiro atoms. The quantitative estimate of drug-likeness (QED) is 0.893. The standard InChI is InChI=1S/C17H24N2O3/c1-2-14(19-17(20)12-5-7-18-8-6-12)13-3-4-15-16(11-13)22-10-9-21-15/h3-4,11-12,14,18H,2,5-10H2,1H3,(H,19,20). The maximum atomic E-state index is 12.4. The Morgan fingerprint density at radius 1 is 1.27 bits per heavy atom. The van der Waals surface area contributed by atoms with Gasteiger partial charge in [-0.05, 0) is 50.0 Å². The molecule has 2 aliphatic rings. The monoisotopic (exact) mass is 304 g/mol. The van der Waals surface area contributed by atoms with Gasteiger partial charge in [0.05, 0.1) is 6.04 Å². The predicted octanol–water partition coefficient (Wildman–Crippen LogP) is 2.02. The maximum absolute atomic E-state index is 12.4. The van der Waals surface area contributed by atoms with E-state index in [2.05, 4.69) is 17.6 Å². The van der Waals surface area contributed by atoms with Gasteiger partial charge in [0.1, 0.15) is 13.2 Å². The first-order chi connectivity index (χ1) is 10.8. The lowest BCUT2D eigenvalue weighted by atomic mass is 9.95. The number of fused-ring (bicyclic) bond motifs is 1. The average molecular weight is 304 g/mol. The molecule has 5 nitrogen and oxygen atoms in total. The van der Waals surface area contributed by atoms with Crippen LogP contribution in [0.15, 0.2) is 18.2 Å². The van der Waals surface area contributed by atoms with E-state index in [9.17, 15) is 4.79 Å². The SMILES string of the molecule is CCC(NC(=O)C1CCNCC1)c1ccc2c(c1)OCCO2. The number of carbonyl (C=O) groups excluding carboxylic acids is 1. The van der Waals surface area contributed by atoms with Crippen LogP contribution in [0.5, 0.6) is 11.5 Å². The van der Waals surface area contributed by atoms with E-state index >= 15 is 0 Å². The van der Waals surface area contributed by atoms with E-state index in [1.165, 1.54) is 0 Å². The summed E-state index contributed by atoms with van der Waals surface area (Å²) in [5.74, 6) is 1.86. The van der Waals surface area contributed by atoms with E-state index in [1.54, 1.807) is 0 Å². The first-order valence-corrected chi connectivity index (χ1v) is 8.18. The Balaban J connectivity index is 1.69. The van der Waals surface area contributed by atoms with Crippen molar-refractivity contribution in [3.63, 3.8) is 0 Å². The zero-order chi connectivity index (χ0) is 15.4. The van der Waals surface area contributed by atoms with Crippen molar-refractivity contribution < 1.29 is 14.3 Å². The van der Waals surface area contributed by atoms with Gasteiger partial charge < -0.3 is 20.1 Å². The van der Waals surface area contributed by atoms with Gasteiger partial charge >= 0.3 is 0 Å². The predicted molar refractivity (Wildman–Crippen MR) is 84.2 cm³/mol. The van der Waals surface area contributed by atoms with Gasteiger partial charge in [0.25, 0.3) is 0 Å². The van der Waals surface area contributed by atoms with Gasteiger partial charge in [0.15, 0.2) is 11.5 Å². The van der Waals surface area contributed by atoms with Crippen LogP contribution in [0.25, 0.3) is 0 Å². The maximum Gasteiger partial charge on any atom is 0.223 e. The van der Waals surface area contributed by atoms with Crippen LogP contribution in [0.4, 0.5) is 0 Å². The van der Waals surface area contributed by atoms with Gasteiger partial charge in [-0.2, -0.15) is 0 Å². The molecule has 1 saturated heterocycles. The molecule has 0 bridgehead atoms. The number of ether oxygens (including phenoxy) is 2. The number of hydrogen-bond donors (Lipinski definition) is 2. The molecule has 22 heavy (non-hydrogen) atoms. The van der Waals surface area contributed by atoms with Crippen LogP contribution < -0.4 is 20.1 Å². The Bertz CT molecular complexity index is 527. The first-order valence-electron chi connectivity index (χ1n) is 8.18. The van der Waals surface area contributed by atoms with E-state index in [0.29, 0.717) is 13.2 Å². The second-order valence-electron chi connectivity index (χ2n) is 5.90. The zero-order valence-electron chi connectivity index (χ0n) is 13.1. The van der Waals surface area contributed by atoms with Crippen molar-refractivity contribution in [2.24, 2.45) is 5.92 Å². The van der Waals surface area contributed by atoms with Crippen molar-refractivity contribution >= 4 is 5.91 Å². The van der Waals surface area contributed by atoms with E-state index in [4.69, 9.17) is 9.47 Å². The molecule has 0 aromatic heterocycles. The molecule has 0 radical (unpaired) electrons. The third-order valence-corrected chi connectivity index (χ3v) is 4.40. The van der Waals surface area contributed by atoms with Crippen molar-refractivity contribution in [1.82, 2.24) is 10.6 Å². The number of piperidine rings is 1. The van der Waals surface area contributed by atoms with Crippen molar-refractivity contribution in [2.75, 3.05) is 26.3 Å². The van der Waals surface area contributed by atoms with Gasteiger partial charge in [-0.1, -0.05) is 13.0 Å². The molecule has 5 heteroatoms. The number of rotatable bonds is 4. The second kappa shape index (κ2) is 7.01. The van der Waals surface area contributed by atoms with Gasteiger partial charge in [0, 0.05) is 5.92 Å². The molecule has 1 amide bonds. The molecule has 1 unspecified atom stereocenters. The Morgan fingerprint density at radius 2 is 2.00 bits per heavy atom. The highest BCUT2D eigenvalue weighted by Gasteiger charge is 2.24.